The molecule has 0 amide bonds. The highest BCUT2D eigenvalue weighted by molar-refractivity contribution is 6.30. The molecular formula is C22H28ClFN6O. The third-order valence-corrected chi connectivity index (χ3v) is 8.29. The van der Waals surface area contributed by atoms with Gasteiger partial charge < -0.3 is 9.64 Å². The standard InChI is InChI=1S/C22H28ClFN6O/c1-28-14-4-5-15(28)12-29(11-14)20-16-10-25-19(23)17(24)18(16)26-21(27-20)31-13-22-6-2-8-30(22)9-3-7-22/h10,14-15H,2-9,11-13H2,1H3. The van der Waals surface area contributed by atoms with E-state index in [4.69, 9.17) is 21.3 Å². The molecule has 2 aromatic heterocycles. The molecule has 0 saturated carbocycles. The van der Waals surface area contributed by atoms with Gasteiger partial charge in [-0.05, 0) is 58.7 Å². The maximum atomic E-state index is 14.9. The fraction of sp³-hybridized carbons (Fsp3) is 0.682. The van der Waals surface area contributed by atoms with Gasteiger partial charge in [0.25, 0.3) is 0 Å². The van der Waals surface area contributed by atoms with E-state index < -0.39 is 5.82 Å². The predicted molar refractivity (Wildman–Crippen MR) is 117 cm³/mol. The number of nitrogens with zero attached hydrogens (tertiary/aromatic N) is 6. The first-order chi connectivity index (χ1) is 15.0. The largest absolute Gasteiger partial charge is 0.461 e. The zero-order chi connectivity index (χ0) is 21.2. The molecule has 31 heavy (non-hydrogen) atoms. The summed E-state index contributed by atoms with van der Waals surface area (Å²) in [5, 5.41) is 0.428. The summed E-state index contributed by atoms with van der Waals surface area (Å²) in [7, 11) is 2.20. The molecule has 0 aromatic carbocycles. The molecule has 4 aliphatic rings. The molecule has 7 nitrogen and oxygen atoms in total. The molecule has 0 aliphatic carbocycles. The highest BCUT2D eigenvalue weighted by Gasteiger charge is 2.45. The van der Waals surface area contributed by atoms with E-state index in [9.17, 15) is 4.39 Å². The first-order valence-corrected chi connectivity index (χ1v) is 11.8. The predicted octanol–water partition coefficient (Wildman–Crippen LogP) is 3.11. The minimum atomic E-state index is -0.605. The van der Waals surface area contributed by atoms with E-state index in [0.29, 0.717) is 29.9 Å². The Morgan fingerprint density at radius 2 is 1.87 bits per heavy atom. The number of likely N-dealkylation sites (N-methyl/N-ethyl adjacent to an activating group) is 1. The number of hydrogen-bond acceptors (Lipinski definition) is 7. The first kappa shape index (κ1) is 19.9. The van der Waals surface area contributed by atoms with Crippen molar-refractivity contribution >= 4 is 28.3 Å². The van der Waals surface area contributed by atoms with Crippen LogP contribution in [0.2, 0.25) is 5.15 Å². The summed E-state index contributed by atoms with van der Waals surface area (Å²) in [6, 6.07) is 1.22. The van der Waals surface area contributed by atoms with Crippen LogP contribution in [0.4, 0.5) is 10.2 Å². The Bertz CT molecular complexity index is 997. The van der Waals surface area contributed by atoms with Crippen LogP contribution in [0, 0.1) is 5.82 Å². The summed E-state index contributed by atoms with van der Waals surface area (Å²) in [6.07, 6.45) is 8.63. The lowest BCUT2D eigenvalue weighted by molar-refractivity contribution is 0.107. The van der Waals surface area contributed by atoms with Crippen molar-refractivity contribution in [3.8, 4) is 6.01 Å². The smallest absolute Gasteiger partial charge is 0.319 e. The highest BCUT2D eigenvalue weighted by atomic mass is 35.5. The van der Waals surface area contributed by atoms with Crippen molar-refractivity contribution in [1.29, 1.82) is 0 Å². The zero-order valence-electron chi connectivity index (χ0n) is 17.9. The van der Waals surface area contributed by atoms with Gasteiger partial charge in [0.2, 0.25) is 0 Å². The monoisotopic (exact) mass is 446 g/mol. The molecule has 4 saturated heterocycles. The number of fused-ring (bicyclic) bond motifs is 4. The van der Waals surface area contributed by atoms with Gasteiger partial charge in [-0.1, -0.05) is 11.6 Å². The Balaban J connectivity index is 1.36. The van der Waals surface area contributed by atoms with E-state index >= 15 is 0 Å². The van der Waals surface area contributed by atoms with Crippen molar-refractivity contribution in [1.82, 2.24) is 24.8 Å². The van der Waals surface area contributed by atoms with Crippen molar-refractivity contribution in [2.24, 2.45) is 0 Å². The number of hydrogen-bond donors (Lipinski definition) is 0. The van der Waals surface area contributed by atoms with Crippen LogP contribution in [-0.4, -0.2) is 82.2 Å². The Kier molecular flexibility index (Phi) is 4.74. The number of ether oxygens (including phenoxy) is 1. The minimum absolute atomic E-state index is 0.0832. The van der Waals surface area contributed by atoms with Crippen LogP contribution in [0.1, 0.15) is 38.5 Å². The van der Waals surface area contributed by atoms with E-state index in [2.05, 4.69) is 31.7 Å². The molecule has 2 unspecified atom stereocenters. The highest BCUT2D eigenvalue weighted by Crippen LogP contribution is 2.40. The second kappa shape index (κ2) is 7.39. The van der Waals surface area contributed by atoms with Crippen LogP contribution < -0.4 is 9.64 Å². The molecule has 0 N–H and O–H groups in total. The molecule has 6 rings (SSSR count). The van der Waals surface area contributed by atoms with E-state index in [1.807, 2.05) is 0 Å². The van der Waals surface area contributed by atoms with Crippen LogP contribution in [0.25, 0.3) is 10.9 Å². The Labute approximate surface area is 186 Å². The van der Waals surface area contributed by atoms with E-state index in [0.717, 1.165) is 39.0 Å². The average Bonchev–Trinajstić information content (AvgIpc) is 3.39. The summed E-state index contributed by atoms with van der Waals surface area (Å²) in [5.41, 5.74) is 0.276. The third-order valence-electron chi connectivity index (χ3n) is 8.03. The van der Waals surface area contributed by atoms with Crippen LogP contribution >= 0.6 is 11.6 Å². The maximum Gasteiger partial charge on any atom is 0.319 e. The second-order valence-corrected chi connectivity index (χ2v) is 9.98. The summed E-state index contributed by atoms with van der Waals surface area (Å²) in [5.74, 6) is 0.103. The molecule has 0 spiro atoms. The fourth-order valence-electron chi connectivity index (χ4n) is 6.25. The van der Waals surface area contributed by atoms with Gasteiger partial charge in [-0.15, -0.1) is 0 Å². The molecule has 6 heterocycles. The molecule has 2 aromatic rings. The lowest BCUT2D eigenvalue weighted by Crippen LogP contribution is -2.52. The number of pyridine rings is 1. The van der Waals surface area contributed by atoms with E-state index in [1.165, 1.54) is 25.7 Å². The first-order valence-electron chi connectivity index (χ1n) is 11.4. The molecule has 166 valence electrons. The van der Waals surface area contributed by atoms with Gasteiger partial charge in [-0.25, -0.2) is 9.37 Å². The van der Waals surface area contributed by atoms with Gasteiger partial charge in [0.1, 0.15) is 17.9 Å². The SMILES string of the molecule is CN1C2CCC1CN(c1nc(OCC34CCCN3CCC4)nc3c(F)c(Cl)ncc13)C2. The lowest BCUT2D eigenvalue weighted by atomic mass is 9.95. The van der Waals surface area contributed by atoms with Gasteiger partial charge >= 0.3 is 6.01 Å². The van der Waals surface area contributed by atoms with Crippen molar-refractivity contribution in [2.75, 3.05) is 44.7 Å². The summed E-state index contributed by atoms with van der Waals surface area (Å²) in [6.45, 7) is 4.54. The number of aromatic nitrogens is 3. The molecule has 4 aliphatic heterocycles. The Hall–Kier alpha value is -1.77. The number of rotatable bonds is 4. The van der Waals surface area contributed by atoms with E-state index in [1.54, 1.807) is 6.20 Å². The number of anilines is 1. The van der Waals surface area contributed by atoms with Crippen LogP contribution in [0.15, 0.2) is 6.20 Å². The minimum Gasteiger partial charge on any atom is -0.461 e. The normalized spacial score (nSPS) is 27.9. The summed E-state index contributed by atoms with van der Waals surface area (Å²) in [4.78, 5) is 20.5. The van der Waals surface area contributed by atoms with Crippen molar-refractivity contribution < 1.29 is 9.13 Å². The molecule has 9 heteroatoms. The molecular weight excluding hydrogens is 419 g/mol. The summed E-state index contributed by atoms with van der Waals surface area (Å²) >= 11 is 5.99. The molecule has 4 fully saturated rings. The topological polar surface area (TPSA) is 57.6 Å². The lowest BCUT2D eigenvalue weighted by Gasteiger charge is -2.39. The van der Waals surface area contributed by atoms with Gasteiger partial charge in [-0.2, -0.15) is 9.97 Å². The number of piperazine rings is 1. The average molecular weight is 447 g/mol. The molecule has 0 radical (unpaired) electrons. The van der Waals surface area contributed by atoms with Crippen LogP contribution in [0.3, 0.4) is 0 Å². The van der Waals surface area contributed by atoms with Crippen LogP contribution in [-0.2, 0) is 0 Å². The zero-order valence-corrected chi connectivity index (χ0v) is 18.6. The third kappa shape index (κ3) is 3.17. The molecule has 2 atom stereocenters. The van der Waals surface area contributed by atoms with Gasteiger partial charge in [-0.3, -0.25) is 9.80 Å². The molecule has 2 bridgehead atoms. The van der Waals surface area contributed by atoms with Crippen molar-refractivity contribution in [3.05, 3.63) is 17.2 Å². The van der Waals surface area contributed by atoms with E-state index in [-0.39, 0.29) is 22.2 Å². The maximum absolute atomic E-state index is 14.9. The second-order valence-electron chi connectivity index (χ2n) is 9.62. The van der Waals surface area contributed by atoms with Crippen molar-refractivity contribution in [3.63, 3.8) is 0 Å². The summed E-state index contributed by atoms with van der Waals surface area (Å²) < 4.78 is 21.1. The Morgan fingerprint density at radius 1 is 1.16 bits per heavy atom. The van der Waals surface area contributed by atoms with Gasteiger partial charge in [0.05, 0.1) is 10.9 Å². The van der Waals surface area contributed by atoms with Gasteiger partial charge in [0, 0.05) is 31.4 Å². The number of halogens is 2. The van der Waals surface area contributed by atoms with Crippen LogP contribution in [0.5, 0.6) is 6.01 Å². The van der Waals surface area contributed by atoms with Crippen molar-refractivity contribution in [2.45, 2.75) is 56.1 Å². The Morgan fingerprint density at radius 3 is 2.58 bits per heavy atom. The fourth-order valence-corrected chi connectivity index (χ4v) is 6.39. The quantitative estimate of drug-likeness (QED) is 0.669. The van der Waals surface area contributed by atoms with Gasteiger partial charge in [0.15, 0.2) is 11.0 Å².